The third kappa shape index (κ3) is 3.60. The molecular weight excluding hydrogens is 208 g/mol. The van der Waals surface area contributed by atoms with E-state index in [-0.39, 0.29) is 12.5 Å². The maximum absolute atomic E-state index is 10.6. The zero-order valence-electron chi connectivity index (χ0n) is 9.34. The number of carbonyl (C=O) groups excluding carboxylic acids is 1. The third-order valence-electron chi connectivity index (χ3n) is 2.20. The molecule has 1 aromatic heterocycles. The van der Waals surface area contributed by atoms with Gasteiger partial charge in [0.1, 0.15) is 12.2 Å². The number of hydrogen-bond acceptors (Lipinski definition) is 4. The lowest BCUT2D eigenvalue weighted by Crippen LogP contribution is -2.34. The summed E-state index contributed by atoms with van der Waals surface area (Å²) in [5.41, 5.74) is 1.37. The highest BCUT2D eigenvalue weighted by atomic mass is 16.3. The molecule has 1 rings (SSSR count). The van der Waals surface area contributed by atoms with E-state index in [0.29, 0.717) is 5.56 Å². The molecule has 0 radical (unpaired) electrons. The first-order chi connectivity index (χ1) is 7.50. The molecule has 0 fully saturated rings. The fourth-order valence-corrected chi connectivity index (χ4v) is 1.24. The van der Waals surface area contributed by atoms with E-state index in [1.54, 1.807) is 12.1 Å². The van der Waals surface area contributed by atoms with E-state index in [2.05, 4.69) is 10.3 Å². The largest absolute Gasteiger partial charge is 0.388 e. The summed E-state index contributed by atoms with van der Waals surface area (Å²) in [6.45, 7) is 3.21. The number of aromatic nitrogens is 1. The zero-order valence-corrected chi connectivity index (χ0v) is 9.34. The van der Waals surface area contributed by atoms with E-state index in [0.717, 1.165) is 5.69 Å². The number of aliphatic hydroxyl groups excluding tert-OH is 2. The topological polar surface area (TPSA) is 82.5 Å². The van der Waals surface area contributed by atoms with Gasteiger partial charge in [0.2, 0.25) is 5.91 Å². The minimum absolute atomic E-state index is 0.0182. The Morgan fingerprint density at radius 1 is 1.50 bits per heavy atom. The van der Waals surface area contributed by atoms with Gasteiger partial charge in [-0.2, -0.15) is 0 Å². The number of nitrogens with zero attached hydrogens (tertiary/aromatic N) is 1. The minimum Gasteiger partial charge on any atom is -0.388 e. The van der Waals surface area contributed by atoms with Gasteiger partial charge in [0.05, 0.1) is 0 Å². The van der Waals surface area contributed by atoms with Crippen molar-refractivity contribution in [1.29, 1.82) is 0 Å². The van der Waals surface area contributed by atoms with Crippen LogP contribution in [0.3, 0.4) is 0 Å². The molecule has 1 heterocycles. The summed E-state index contributed by atoms with van der Waals surface area (Å²) in [7, 11) is 0. The predicted molar refractivity (Wildman–Crippen MR) is 58.6 cm³/mol. The van der Waals surface area contributed by atoms with Gasteiger partial charge in [0.25, 0.3) is 0 Å². The van der Waals surface area contributed by atoms with Crippen LogP contribution in [0.2, 0.25) is 0 Å². The van der Waals surface area contributed by atoms with Crippen LogP contribution in [0.5, 0.6) is 0 Å². The third-order valence-corrected chi connectivity index (χ3v) is 2.20. The van der Waals surface area contributed by atoms with Gasteiger partial charge in [-0.3, -0.25) is 9.78 Å². The molecule has 2 atom stereocenters. The van der Waals surface area contributed by atoms with Crippen LogP contribution < -0.4 is 5.32 Å². The fourth-order valence-electron chi connectivity index (χ4n) is 1.24. The second kappa shape index (κ2) is 5.58. The first-order valence-electron chi connectivity index (χ1n) is 5.04. The Bertz CT molecular complexity index is 351. The van der Waals surface area contributed by atoms with Crippen LogP contribution in [-0.4, -0.2) is 33.8 Å². The van der Waals surface area contributed by atoms with Crippen LogP contribution in [0.4, 0.5) is 0 Å². The van der Waals surface area contributed by atoms with E-state index in [1.807, 2.05) is 6.92 Å². The Balaban J connectivity index is 2.59. The second-order valence-electron chi connectivity index (χ2n) is 3.68. The van der Waals surface area contributed by atoms with Crippen molar-refractivity contribution < 1.29 is 15.0 Å². The summed E-state index contributed by atoms with van der Waals surface area (Å²) < 4.78 is 0. The van der Waals surface area contributed by atoms with Crippen molar-refractivity contribution in [1.82, 2.24) is 10.3 Å². The van der Waals surface area contributed by atoms with Gasteiger partial charge in [-0.05, 0) is 13.0 Å². The van der Waals surface area contributed by atoms with Crippen LogP contribution >= 0.6 is 0 Å². The maximum atomic E-state index is 10.6. The Labute approximate surface area is 94.1 Å². The van der Waals surface area contributed by atoms with Gasteiger partial charge in [0.15, 0.2) is 0 Å². The monoisotopic (exact) mass is 224 g/mol. The van der Waals surface area contributed by atoms with Gasteiger partial charge >= 0.3 is 0 Å². The molecule has 2 unspecified atom stereocenters. The molecule has 1 aromatic rings. The Hall–Kier alpha value is -1.46. The quantitative estimate of drug-likeness (QED) is 0.668. The van der Waals surface area contributed by atoms with Crippen molar-refractivity contribution in [3.8, 4) is 0 Å². The Morgan fingerprint density at radius 2 is 2.19 bits per heavy atom. The average molecular weight is 224 g/mol. The standard InChI is InChI=1S/C11H16N2O3/c1-7-3-4-9(5-12-7)11(16)10(15)6-13-8(2)14/h3-5,10-11,15-16H,6H2,1-2H3,(H,13,14). The van der Waals surface area contributed by atoms with Crippen molar-refractivity contribution in [2.75, 3.05) is 6.54 Å². The Morgan fingerprint density at radius 3 is 2.69 bits per heavy atom. The highest BCUT2D eigenvalue weighted by Crippen LogP contribution is 2.15. The maximum Gasteiger partial charge on any atom is 0.216 e. The molecule has 5 nitrogen and oxygen atoms in total. The molecule has 0 aromatic carbocycles. The molecule has 16 heavy (non-hydrogen) atoms. The van der Waals surface area contributed by atoms with Crippen LogP contribution in [0, 0.1) is 6.92 Å². The number of pyridine rings is 1. The molecule has 3 N–H and O–H groups in total. The highest BCUT2D eigenvalue weighted by molar-refractivity contribution is 5.72. The van der Waals surface area contributed by atoms with Gasteiger partial charge in [-0.25, -0.2) is 0 Å². The molecule has 0 aliphatic heterocycles. The molecule has 0 saturated heterocycles. The summed E-state index contributed by atoms with van der Waals surface area (Å²) in [5.74, 6) is -0.242. The van der Waals surface area contributed by atoms with Crippen LogP contribution in [0.25, 0.3) is 0 Å². The summed E-state index contributed by atoms with van der Waals surface area (Å²) in [6, 6.07) is 3.45. The fraction of sp³-hybridized carbons (Fsp3) is 0.455. The van der Waals surface area contributed by atoms with Gasteiger partial charge < -0.3 is 15.5 Å². The lowest BCUT2D eigenvalue weighted by Gasteiger charge is -2.18. The van der Waals surface area contributed by atoms with Crippen molar-refractivity contribution >= 4 is 5.91 Å². The van der Waals surface area contributed by atoms with E-state index >= 15 is 0 Å². The molecule has 5 heteroatoms. The highest BCUT2D eigenvalue weighted by Gasteiger charge is 2.18. The van der Waals surface area contributed by atoms with Crippen LogP contribution in [0.15, 0.2) is 18.3 Å². The van der Waals surface area contributed by atoms with Crippen molar-refractivity contribution in [2.24, 2.45) is 0 Å². The zero-order chi connectivity index (χ0) is 12.1. The van der Waals surface area contributed by atoms with Crippen molar-refractivity contribution in [3.63, 3.8) is 0 Å². The van der Waals surface area contributed by atoms with Crippen LogP contribution in [0.1, 0.15) is 24.3 Å². The first kappa shape index (κ1) is 12.6. The van der Waals surface area contributed by atoms with Crippen LogP contribution in [-0.2, 0) is 4.79 Å². The summed E-state index contributed by atoms with van der Waals surface area (Å²) in [4.78, 5) is 14.7. The van der Waals surface area contributed by atoms with Gasteiger partial charge in [-0.15, -0.1) is 0 Å². The smallest absolute Gasteiger partial charge is 0.216 e. The van der Waals surface area contributed by atoms with Gasteiger partial charge in [-0.1, -0.05) is 6.07 Å². The van der Waals surface area contributed by atoms with E-state index in [9.17, 15) is 15.0 Å². The number of carbonyl (C=O) groups is 1. The SMILES string of the molecule is CC(=O)NCC(O)C(O)c1ccc(C)nc1. The lowest BCUT2D eigenvalue weighted by atomic mass is 10.1. The summed E-state index contributed by atoms with van der Waals surface area (Å²) in [5, 5.41) is 21.8. The normalized spacial score (nSPS) is 14.2. The first-order valence-corrected chi connectivity index (χ1v) is 5.04. The molecule has 0 aliphatic rings. The van der Waals surface area contributed by atoms with Crippen molar-refractivity contribution in [3.05, 3.63) is 29.6 Å². The Kier molecular flexibility index (Phi) is 4.39. The van der Waals surface area contributed by atoms with Crippen molar-refractivity contribution in [2.45, 2.75) is 26.1 Å². The number of hydrogen-bond donors (Lipinski definition) is 3. The van der Waals surface area contributed by atoms with E-state index in [1.165, 1.54) is 13.1 Å². The van der Waals surface area contributed by atoms with E-state index < -0.39 is 12.2 Å². The molecule has 0 bridgehead atoms. The molecule has 88 valence electrons. The van der Waals surface area contributed by atoms with E-state index in [4.69, 9.17) is 0 Å². The number of nitrogens with one attached hydrogen (secondary N) is 1. The molecular formula is C11H16N2O3. The molecule has 1 amide bonds. The van der Waals surface area contributed by atoms with Gasteiger partial charge in [0, 0.05) is 30.9 Å². The number of amides is 1. The summed E-state index contributed by atoms with van der Waals surface area (Å²) >= 11 is 0. The average Bonchev–Trinajstić information content (AvgIpc) is 2.26. The second-order valence-corrected chi connectivity index (χ2v) is 3.68. The number of aliphatic hydroxyl groups is 2. The minimum atomic E-state index is -1.04. The predicted octanol–water partition coefficient (Wildman–Crippen LogP) is -0.0796. The summed E-state index contributed by atoms with van der Waals surface area (Å²) in [6.07, 6.45) is -0.565. The lowest BCUT2D eigenvalue weighted by molar-refractivity contribution is -0.119. The molecule has 0 aliphatic carbocycles. The molecule has 0 saturated carbocycles. The number of aryl methyl sites for hydroxylation is 1. The molecule has 0 spiro atoms. The number of rotatable bonds is 4.